The van der Waals surface area contributed by atoms with Gasteiger partial charge in [0.05, 0.1) is 23.3 Å². The molecule has 0 amide bonds. The lowest BCUT2D eigenvalue weighted by Gasteiger charge is -2.12. The van der Waals surface area contributed by atoms with E-state index in [9.17, 15) is 14.0 Å². The molecule has 0 saturated carbocycles. The molecule has 5 heteroatoms. The van der Waals surface area contributed by atoms with E-state index in [0.29, 0.717) is 6.42 Å². The molecule has 0 aromatic heterocycles. The predicted octanol–water partition coefficient (Wildman–Crippen LogP) is 2.57. The van der Waals surface area contributed by atoms with Crippen molar-refractivity contribution in [2.24, 2.45) is 5.92 Å². The van der Waals surface area contributed by atoms with Gasteiger partial charge in [-0.15, -0.1) is 0 Å². The van der Waals surface area contributed by atoms with Crippen LogP contribution in [-0.4, -0.2) is 17.7 Å². The molecule has 0 aliphatic rings. The number of rotatable bonds is 5. The summed E-state index contributed by atoms with van der Waals surface area (Å²) >= 11 is 0. The van der Waals surface area contributed by atoms with Gasteiger partial charge >= 0.3 is 0 Å². The number of alkyl halides is 1. The lowest BCUT2D eigenvalue weighted by atomic mass is 9.92. The zero-order chi connectivity index (χ0) is 15.3. The van der Waals surface area contributed by atoms with Crippen molar-refractivity contribution in [1.82, 2.24) is 0 Å². The second-order valence-electron chi connectivity index (χ2n) is 4.42. The Labute approximate surface area is 116 Å². The fourth-order valence-electron chi connectivity index (χ4n) is 1.63. The highest BCUT2D eigenvalue weighted by atomic mass is 19.1. The normalized spacial score (nSPS) is 12.8. The van der Waals surface area contributed by atoms with Crippen LogP contribution in [0, 0.1) is 28.6 Å². The van der Waals surface area contributed by atoms with Crippen LogP contribution in [0.2, 0.25) is 0 Å². The second-order valence-corrected chi connectivity index (χ2v) is 4.42. The molecule has 1 aromatic rings. The summed E-state index contributed by atoms with van der Waals surface area (Å²) in [6.45, 7) is 3.26. The zero-order valence-corrected chi connectivity index (χ0v) is 11.2. The number of Topliss-reactive ketones (excluding diaryl/α,β-unsaturated/α-hetero) is 2. The summed E-state index contributed by atoms with van der Waals surface area (Å²) in [7, 11) is 0. The van der Waals surface area contributed by atoms with Gasteiger partial charge < -0.3 is 0 Å². The Kier molecular flexibility index (Phi) is 5.11. The van der Waals surface area contributed by atoms with Gasteiger partial charge in [0.2, 0.25) is 12.0 Å². The molecule has 0 spiro atoms. The van der Waals surface area contributed by atoms with Crippen LogP contribution in [0.15, 0.2) is 18.2 Å². The van der Waals surface area contributed by atoms with E-state index in [1.807, 2.05) is 0 Å². The van der Waals surface area contributed by atoms with Crippen molar-refractivity contribution in [3.8, 4) is 12.1 Å². The van der Waals surface area contributed by atoms with Gasteiger partial charge in [0.1, 0.15) is 0 Å². The molecule has 2 atom stereocenters. The standard InChI is InChI=1S/C15H13FN2O2/c1-3-9(2)14(19)13(16)15(20)12-6-10(7-17)4-5-11(12)8-18/h4-6,9,13H,3H2,1-2H3. The molecule has 4 nitrogen and oxygen atoms in total. The molecule has 0 aliphatic carbocycles. The largest absolute Gasteiger partial charge is 0.296 e. The number of ketones is 2. The fraction of sp³-hybridized carbons (Fsp3) is 0.333. The molecule has 0 radical (unpaired) electrons. The van der Waals surface area contributed by atoms with Gasteiger partial charge in [-0.25, -0.2) is 4.39 Å². The number of benzene rings is 1. The Morgan fingerprint density at radius 2 is 1.95 bits per heavy atom. The first kappa shape index (κ1) is 15.5. The van der Waals surface area contributed by atoms with Gasteiger partial charge in [0, 0.05) is 11.5 Å². The molecule has 0 aliphatic heterocycles. The quantitative estimate of drug-likeness (QED) is 0.609. The van der Waals surface area contributed by atoms with Gasteiger partial charge in [-0.2, -0.15) is 10.5 Å². The van der Waals surface area contributed by atoms with E-state index in [-0.39, 0.29) is 16.7 Å². The molecule has 0 N–H and O–H groups in total. The maximum absolute atomic E-state index is 14.0. The van der Waals surface area contributed by atoms with E-state index < -0.39 is 23.7 Å². The number of carbonyl (C=O) groups excluding carboxylic acids is 2. The van der Waals surface area contributed by atoms with Crippen molar-refractivity contribution in [1.29, 1.82) is 10.5 Å². The van der Waals surface area contributed by atoms with E-state index in [1.165, 1.54) is 12.1 Å². The van der Waals surface area contributed by atoms with Crippen molar-refractivity contribution in [2.45, 2.75) is 26.4 Å². The van der Waals surface area contributed by atoms with Crippen LogP contribution < -0.4 is 0 Å². The van der Waals surface area contributed by atoms with Gasteiger partial charge in [-0.1, -0.05) is 13.8 Å². The summed E-state index contributed by atoms with van der Waals surface area (Å²) in [6, 6.07) is 7.33. The first-order valence-corrected chi connectivity index (χ1v) is 6.12. The van der Waals surface area contributed by atoms with Crippen LogP contribution >= 0.6 is 0 Å². The molecule has 0 heterocycles. The number of carbonyl (C=O) groups is 2. The highest BCUT2D eigenvalue weighted by Crippen LogP contribution is 2.18. The van der Waals surface area contributed by atoms with Crippen LogP contribution in [0.1, 0.15) is 41.8 Å². The van der Waals surface area contributed by atoms with E-state index in [1.54, 1.807) is 26.0 Å². The third-order valence-corrected chi connectivity index (χ3v) is 3.11. The van der Waals surface area contributed by atoms with Crippen LogP contribution in [0.25, 0.3) is 0 Å². The maximum atomic E-state index is 14.0. The smallest absolute Gasteiger partial charge is 0.221 e. The first-order valence-electron chi connectivity index (χ1n) is 6.12. The minimum Gasteiger partial charge on any atom is -0.296 e. The molecule has 0 bridgehead atoms. The Hall–Kier alpha value is -2.53. The Morgan fingerprint density at radius 3 is 2.45 bits per heavy atom. The summed E-state index contributed by atoms with van der Waals surface area (Å²) in [5.41, 5.74) is -0.139. The van der Waals surface area contributed by atoms with Crippen molar-refractivity contribution in [3.05, 3.63) is 34.9 Å². The Balaban J connectivity index is 3.18. The predicted molar refractivity (Wildman–Crippen MR) is 69.6 cm³/mol. The summed E-state index contributed by atoms with van der Waals surface area (Å²) in [6.07, 6.45) is -1.87. The third-order valence-electron chi connectivity index (χ3n) is 3.11. The highest BCUT2D eigenvalue weighted by molar-refractivity contribution is 6.14. The van der Waals surface area contributed by atoms with E-state index >= 15 is 0 Å². The van der Waals surface area contributed by atoms with E-state index in [2.05, 4.69) is 0 Å². The van der Waals surface area contributed by atoms with Crippen LogP contribution in [-0.2, 0) is 4.79 Å². The van der Waals surface area contributed by atoms with Crippen molar-refractivity contribution < 1.29 is 14.0 Å². The average Bonchev–Trinajstić information content (AvgIpc) is 2.50. The first-order chi connectivity index (χ1) is 9.46. The lowest BCUT2D eigenvalue weighted by molar-refractivity contribution is -0.125. The Bertz CT molecular complexity index is 626. The fourth-order valence-corrected chi connectivity index (χ4v) is 1.63. The van der Waals surface area contributed by atoms with E-state index in [0.717, 1.165) is 6.07 Å². The number of hydrogen-bond donors (Lipinski definition) is 0. The second kappa shape index (κ2) is 6.58. The zero-order valence-electron chi connectivity index (χ0n) is 11.2. The molecule has 1 aromatic carbocycles. The van der Waals surface area contributed by atoms with Gasteiger partial charge in [-0.05, 0) is 24.6 Å². The molecular formula is C15H13FN2O2. The minimum atomic E-state index is -2.30. The van der Waals surface area contributed by atoms with Crippen LogP contribution in [0.3, 0.4) is 0 Å². The molecule has 20 heavy (non-hydrogen) atoms. The molecule has 102 valence electrons. The maximum Gasteiger partial charge on any atom is 0.221 e. The SMILES string of the molecule is CCC(C)C(=O)C(F)C(=O)c1cc(C#N)ccc1C#N. The monoisotopic (exact) mass is 272 g/mol. The number of nitrogens with zero attached hydrogens (tertiary/aromatic N) is 2. The molecular weight excluding hydrogens is 259 g/mol. The van der Waals surface area contributed by atoms with Crippen molar-refractivity contribution >= 4 is 11.6 Å². The number of hydrogen-bond acceptors (Lipinski definition) is 4. The summed E-state index contributed by atoms with van der Waals surface area (Å²) in [5, 5.41) is 17.7. The van der Waals surface area contributed by atoms with Crippen molar-refractivity contribution in [2.75, 3.05) is 0 Å². The molecule has 0 saturated heterocycles. The lowest BCUT2D eigenvalue weighted by Crippen LogP contribution is -2.30. The van der Waals surface area contributed by atoms with Gasteiger partial charge in [0.25, 0.3) is 0 Å². The minimum absolute atomic E-state index is 0.0476. The topological polar surface area (TPSA) is 81.7 Å². The van der Waals surface area contributed by atoms with Crippen molar-refractivity contribution in [3.63, 3.8) is 0 Å². The molecule has 2 unspecified atom stereocenters. The van der Waals surface area contributed by atoms with Gasteiger partial charge in [-0.3, -0.25) is 9.59 Å². The average molecular weight is 272 g/mol. The highest BCUT2D eigenvalue weighted by Gasteiger charge is 2.31. The molecule has 0 fully saturated rings. The van der Waals surface area contributed by atoms with Crippen LogP contribution in [0.4, 0.5) is 4.39 Å². The summed E-state index contributed by atoms with van der Waals surface area (Å²) < 4.78 is 14.0. The third kappa shape index (κ3) is 3.07. The van der Waals surface area contributed by atoms with E-state index in [4.69, 9.17) is 10.5 Å². The summed E-state index contributed by atoms with van der Waals surface area (Å²) in [5.74, 6) is -2.44. The molecule has 1 rings (SSSR count). The summed E-state index contributed by atoms with van der Waals surface area (Å²) in [4.78, 5) is 23.7. The number of halogens is 1. The van der Waals surface area contributed by atoms with Crippen LogP contribution in [0.5, 0.6) is 0 Å². The van der Waals surface area contributed by atoms with Gasteiger partial charge in [0.15, 0.2) is 5.78 Å². The number of nitriles is 2. The Morgan fingerprint density at radius 1 is 1.30 bits per heavy atom.